The summed E-state index contributed by atoms with van der Waals surface area (Å²) < 4.78 is 5.63. The molecule has 1 heterocycles. The Balaban J connectivity index is 2.13. The number of nitrogens with one attached hydrogen (secondary N) is 1. The largest absolute Gasteiger partial charge is 0.489 e. The number of likely N-dealkylation sites (N-methyl/N-ethyl adjacent to an activating group) is 1. The summed E-state index contributed by atoms with van der Waals surface area (Å²) in [5.41, 5.74) is 7.17. The molecule has 114 valence electrons. The second kappa shape index (κ2) is 6.03. The monoisotopic (exact) mass is 291 g/mol. The molecule has 1 aliphatic rings. The zero-order chi connectivity index (χ0) is 15.6. The first-order valence-corrected chi connectivity index (χ1v) is 7.01. The number of carbonyl (C=O) groups excluding carboxylic acids is 2. The van der Waals surface area contributed by atoms with Gasteiger partial charge in [-0.3, -0.25) is 14.5 Å². The average molecular weight is 291 g/mol. The molecule has 21 heavy (non-hydrogen) atoms. The number of nitrogen functional groups attached to an aromatic ring is 1. The second-order valence-corrected chi connectivity index (χ2v) is 5.45. The van der Waals surface area contributed by atoms with Crippen LogP contribution in [0.25, 0.3) is 0 Å². The van der Waals surface area contributed by atoms with Crippen LogP contribution in [0.3, 0.4) is 0 Å². The normalized spacial score (nSPS) is 19.0. The third-order valence-corrected chi connectivity index (χ3v) is 3.37. The number of ether oxygens (including phenoxy) is 1. The van der Waals surface area contributed by atoms with Gasteiger partial charge in [0.25, 0.3) is 5.91 Å². The van der Waals surface area contributed by atoms with Gasteiger partial charge in [0.05, 0.1) is 11.8 Å². The van der Waals surface area contributed by atoms with Crippen LogP contribution in [0.5, 0.6) is 5.75 Å². The smallest absolute Gasteiger partial charge is 0.251 e. The molecule has 3 N–H and O–H groups in total. The Morgan fingerprint density at radius 2 is 2.10 bits per heavy atom. The van der Waals surface area contributed by atoms with Gasteiger partial charge in [-0.15, -0.1) is 0 Å². The van der Waals surface area contributed by atoms with Gasteiger partial charge in [-0.1, -0.05) is 0 Å². The molecule has 1 aromatic rings. The van der Waals surface area contributed by atoms with Crippen LogP contribution >= 0.6 is 0 Å². The number of carbonyl (C=O) groups is 2. The van der Waals surface area contributed by atoms with Crippen LogP contribution in [0, 0.1) is 0 Å². The Bertz CT molecular complexity index is 557. The van der Waals surface area contributed by atoms with Gasteiger partial charge in [-0.05, 0) is 32.4 Å². The topological polar surface area (TPSA) is 84.7 Å². The van der Waals surface area contributed by atoms with Crippen LogP contribution in [0.1, 0.15) is 26.7 Å². The number of benzene rings is 1. The Morgan fingerprint density at radius 1 is 1.38 bits per heavy atom. The highest BCUT2D eigenvalue weighted by atomic mass is 16.5. The third kappa shape index (κ3) is 3.45. The van der Waals surface area contributed by atoms with Crippen molar-refractivity contribution < 1.29 is 14.3 Å². The molecule has 2 amide bonds. The molecule has 1 atom stereocenters. The van der Waals surface area contributed by atoms with Crippen molar-refractivity contribution in [3.63, 3.8) is 0 Å². The van der Waals surface area contributed by atoms with E-state index in [9.17, 15) is 9.59 Å². The number of rotatable bonds is 4. The summed E-state index contributed by atoms with van der Waals surface area (Å²) >= 11 is 0. The lowest BCUT2D eigenvalue weighted by Crippen LogP contribution is -2.48. The Labute approximate surface area is 124 Å². The van der Waals surface area contributed by atoms with Crippen LogP contribution in [-0.4, -0.2) is 35.9 Å². The maximum Gasteiger partial charge on any atom is 0.251 e. The molecule has 1 aliphatic heterocycles. The molecule has 0 aromatic heterocycles. The fourth-order valence-corrected chi connectivity index (χ4v) is 2.23. The van der Waals surface area contributed by atoms with Crippen molar-refractivity contribution in [3.8, 4) is 5.75 Å². The Morgan fingerprint density at radius 3 is 2.76 bits per heavy atom. The fraction of sp³-hybridized carbons (Fsp3) is 0.467. The van der Waals surface area contributed by atoms with Crippen molar-refractivity contribution in [2.24, 2.45) is 0 Å². The van der Waals surface area contributed by atoms with Crippen molar-refractivity contribution in [3.05, 3.63) is 18.2 Å². The van der Waals surface area contributed by atoms with Gasteiger partial charge in [0.2, 0.25) is 5.91 Å². The molecule has 2 rings (SSSR count). The van der Waals surface area contributed by atoms with E-state index in [2.05, 4.69) is 5.32 Å². The number of imide groups is 1. The van der Waals surface area contributed by atoms with E-state index in [-0.39, 0.29) is 17.9 Å². The summed E-state index contributed by atoms with van der Waals surface area (Å²) in [5.74, 6) is 0.233. The average Bonchev–Trinajstić information content (AvgIpc) is 2.42. The molecule has 6 nitrogen and oxygen atoms in total. The van der Waals surface area contributed by atoms with Crippen molar-refractivity contribution in [2.45, 2.75) is 38.8 Å². The summed E-state index contributed by atoms with van der Waals surface area (Å²) in [6, 6.07) is 4.91. The van der Waals surface area contributed by atoms with Crippen molar-refractivity contribution in [1.82, 2.24) is 4.90 Å². The molecule has 0 bridgehead atoms. The van der Waals surface area contributed by atoms with E-state index in [1.807, 2.05) is 13.8 Å². The standard InChI is InChI=1S/C15H21N3O3/c1-9(2)21-13-8-10(4-5-11(13)16)17-12-6-7-14(19)18(3)15(12)20/h4-5,8-9,12,17H,6-7,16H2,1-3H3. The van der Waals surface area contributed by atoms with E-state index < -0.39 is 6.04 Å². The lowest BCUT2D eigenvalue weighted by atomic mass is 10.0. The van der Waals surface area contributed by atoms with Crippen molar-refractivity contribution in [2.75, 3.05) is 18.1 Å². The molecular formula is C15H21N3O3. The van der Waals surface area contributed by atoms with E-state index in [0.717, 1.165) is 5.69 Å². The summed E-state index contributed by atoms with van der Waals surface area (Å²) in [4.78, 5) is 24.7. The molecule has 1 unspecified atom stereocenters. The summed E-state index contributed by atoms with van der Waals surface area (Å²) in [5, 5.41) is 3.14. The predicted molar refractivity (Wildman–Crippen MR) is 81.0 cm³/mol. The number of piperidine rings is 1. The maximum atomic E-state index is 12.1. The lowest BCUT2D eigenvalue weighted by Gasteiger charge is -2.29. The number of hydrogen-bond donors (Lipinski definition) is 2. The highest BCUT2D eigenvalue weighted by Crippen LogP contribution is 2.28. The van der Waals surface area contributed by atoms with Crippen molar-refractivity contribution >= 4 is 23.2 Å². The summed E-state index contributed by atoms with van der Waals surface area (Å²) in [6.45, 7) is 3.84. The van der Waals surface area contributed by atoms with E-state index >= 15 is 0 Å². The molecular weight excluding hydrogens is 270 g/mol. The highest BCUT2D eigenvalue weighted by molar-refractivity contribution is 6.01. The minimum absolute atomic E-state index is 0.0163. The minimum atomic E-state index is -0.400. The molecule has 1 aromatic carbocycles. The van der Waals surface area contributed by atoms with E-state index in [1.165, 1.54) is 11.9 Å². The van der Waals surface area contributed by atoms with Gasteiger partial charge in [-0.25, -0.2) is 0 Å². The van der Waals surface area contributed by atoms with Crippen LogP contribution in [0.4, 0.5) is 11.4 Å². The first-order chi connectivity index (χ1) is 9.88. The summed E-state index contributed by atoms with van der Waals surface area (Å²) in [6.07, 6.45) is 0.874. The number of likely N-dealkylation sites (tertiary alicyclic amines) is 1. The maximum absolute atomic E-state index is 12.1. The molecule has 1 saturated heterocycles. The first kappa shape index (κ1) is 15.2. The van der Waals surface area contributed by atoms with Gasteiger partial charge in [-0.2, -0.15) is 0 Å². The SMILES string of the molecule is CC(C)Oc1cc(NC2CCC(=O)N(C)C2=O)ccc1N. The van der Waals surface area contributed by atoms with Gasteiger partial charge in [0.15, 0.2) is 0 Å². The van der Waals surface area contributed by atoms with E-state index in [1.54, 1.807) is 18.2 Å². The molecule has 0 radical (unpaired) electrons. The van der Waals surface area contributed by atoms with Gasteiger partial charge >= 0.3 is 0 Å². The quantitative estimate of drug-likeness (QED) is 0.650. The van der Waals surface area contributed by atoms with E-state index in [4.69, 9.17) is 10.5 Å². The van der Waals surface area contributed by atoms with Gasteiger partial charge < -0.3 is 15.8 Å². The van der Waals surface area contributed by atoms with Gasteiger partial charge in [0, 0.05) is 25.2 Å². The Kier molecular flexibility index (Phi) is 4.35. The highest BCUT2D eigenvalue weighted by Gasteiger charge is 2.31. The zero-order valence-electron chi connectivity index (χ0n) is 12.6. The number of hydrogen-bond acceptors (Lipinski definition) is 5. The van der Waals surface area contributed by atoms with E-state index in [0.29, 0.717) is 24.3 Å². The van der Waals surface area contributed by atoms with Crippen LogP contribution in [-0.2, 0) is 9.59 Å². The molecule has 0 spiro atoms. The van der Waals surface area contributed by atoms with Crippen LogP contribution < -0.4 is 15.8 Å². The Hall–Kier alpha value is -2.24. The zero-order valence-corrected chi connectivity index (χ0v) is 12.6. The number of nitrogens with two attached hydrogens (primary N) is 1. The van der Waals surface area contributed by atoms with Crippen LogP contribution in [0.15, 0.2) is 18.2 Å². The number of anilines is 2. The first-order valence-electron chi connectivity index (χ1n) is 7.01. The number of amides is 2. The predicted octanol–water partition coefficient (Wildman–Crippen LogP) is 1.62. The fourth-order valence-electron chi connectivity index (χ4n) is 2.23. The third-order valence-electron chi connectivity index (χ3n) is 3.37. The second-order valence-electron chi connectivity index (χ2n) is 5.45. The van der Waals surface area contributed by atoms with Crippen LogP contribution in [0.2, 0.25) is 0 Å². The lowest BCUT2D eigenvalue weighted by molar-refractivity contribution is -0.146. The van der Waals surface area contributed by atoms with Crippen molar-refractivity contribution in [1.29, 1.82) is 0 Å². The number of nitrogens with zero attached hydrogens (tertiary/aromatic N) is 1. The molecule has 1 fully saturated rings. The minimum Gasteiger partial charge on any atom is -0.489 e. The molecule has 0 saturated carbocycles. The molecule has 0 aliphatic carbocycles. The van der Waals surface area contributed by atoms with Gasteiger partial charge in [0.1, 0.15) is 11.8 Å². The summed E-state index contributed by atoms with van der Waals surface area (Å²) in [7, 11) is 1.51. The molecule has 6 heteroatoms.